The normalized spacial score (nSPS) is 17.5. The zero-order chi connectivity index (χ0) is 20.2. The Morgan fingerprint density at radius 3 is 2.59 bits per heavy atom. The number of carbonyl (C=O) groups excluding carboxylic acids is 1. The number of ether oxygens (including phenoxy) is 1. The highest BCUT2D eigenvalue weighted by molar-refractivity contribution is 5.88. The summed E-state index contributed by atoms with van der Waals surface area (Å²) >= 11 is 0. The number of rotatable bonds is 4. The van der Waals surface area contributed by atoms with Gasteiger partial charge in [-0.1, -0.05) is 12.1 Å². The van der Waals surface area contributed by atoms with Gasteiger partial charge in [-0.05, 0) is 24.1 Å². The molecule has 2 aliphatic heterocycles. The third kappa shape index (κ3) is 4.83. The van der Waals surface area contributed by atoms with Gasteiger partial charge in [0, 0.05) is 57.3 Å². The van der Waals surface area contributed by atoms with Crippen molar-refractivity contribution in [3.63, 3.8) is 0 Å². The molecule has 1 fully saturated rings. The van der Waals surface area contributed by atoms with Crippen LogP contribution in [0.25, 0.3) is 0 Å². The van der Waals surface area contributed by atoms with Crippen molar-refractivity contribution in [2.75, 3.05) is 49.6 Å². The van der Waals surface area contributed by atoms with Crippen molar-refractivity contribution >= 4 is 17.5 Å². The second-order valence-corrected chi connectivity index (χ2v) is 7.57. The molecule has 0 saturated carbocycles. The van der Waals surface area contributed by atoms with E-state index in [1.54, 1.807) is 0 Å². The Morgan fingerprint density at radius 2 is 1.86 bits per heavy atom. The van der Waals surface area contributed by atoms with Crippen molar-refractivity contribution in [2.24, 2.45) is 0 Å². The van der Waals surface area contributed by atoms with Gasteiger partial charge in [-0.3, -0.25) is 19.5 Å². The SMILES string of the molecule is CC(=O)Nc1ccc(CN2CCc3nc(N4CCOCC4)[nH]c(=O)c3CC2)cc1. The summed E-state index contributed by atoms with van der Waals surface area (Å²) in [5, 5.41) is 2.79. The molecule has 1 saturated heterocycles. The molecule has 154 valence electrons. The van der Waals surface area contributed by atoms with E-state index in [0.717, 1.165) is 56.1 Å². The van der Waals surface area contributed by atoms with Gasteiger partial charge in [0.1, 0.15) is 0 Å². The van der Waals surface area contributed by atoms with E-state index in [1.807, 2.05) is 24.3 Å². The topological polar surface area (TPSA) is 90.6 Å². The lowest BCUT2D eigenvalue weighted by Crippen LogP contribution is -2.38. The van der Waals surface area contributed by atoms with Gasteiger partial charge in [0.15, 0.2) is 0 Å². The molecule has 0 radical (unpaired) electrons. The molecule has 8 nitrogen and oxygen atoms in total. The third-order valence-corrected chi connectivity index (χ3v) is 5.42. The van der Waals surface area contributed by atoms with Gasteiger partial charge in [-0.25, -0.2) is 4.98 Å². The fraction of sp³-hybridized carbons (Fsp3) is 0.476. The summed E-state index contributed by atoms with van der Waals surface area (Å²) in [6.45, 7) is 6.82. The Bertz CT molecular complexity index is 919. The smallest absolute Gasteiger partial charge is 0.255 e. The van der Waals surface area contributed by atoms with E-state index in [2.05, 4.69) is 20.1 Å². The predicted molar refractivity (Wildman–Crippen MR) is 111 cm³/mol. The van der Waals surface area contributed by atoms with Gasteiger partial charge >= 0.3 is 0 Å². The average Bonchev–Trinajstić information content (AvgIpc) is 2.92. The minimum atomic E-state index is -0.0720. The number of morpholine rings is 1. The van der Waals surface area contributed by atoms with Crippen LogP contribution in [-0.4, -0.2) is 60.2 Å². The minimum Gasteiger partial charge on any atom is -0.378 e. The number of carbonyl (C=O) groups is 1. The van der Waals surface area contributed by atoms with Crippen molar-refractivity contribution < 1.29 is 9.53 Å². The lowest BCUT2D eigenvalue weighted by atomic mass is 10.1. The molecule has 29 heavy (non-hydrogen) atoms. The van der Waals surface area contributed by atoms with Gasteiger partial charge in [-0.2, -0.15) is 0 Å². The maximum Gasteiger partial charge on any atom is 0.255 e. The number of amides is 1. The van der Waals surface area contributed by atoms with Gasteiger partial charge < -0.3 is 15.0 Å². The number of hydrogen-bond donors (Lipinski definition) is 2. The molecular formula is C21H27N5O3. The number of fused-ring (bicyclic) bond motifs is 1. The lowest BCUT2D eigenvalue weighted by molar-refractivity contribution is -0.114. The molecule has 4 rings (SSSR count). The van der Waals surface area contributed by atoms with Crippen LogP contribution in [0.15, 0.2) is 29.1 Å². The van der Waals surface area contributed by atoms with Gasteiger partial charge in [0.25, 0.3) is 5.56 Å². The van der Waals surface area contributed by atoms with Crippen LogP contribution in [0.2, 0.25) is 0 Å². The Labute approximate surface area is 169 Å². The van der Waals surface area contributed by atoms with Crippen LogP contribution < -0.4 is 15.8 Å². The quantitative estimate of drug-likeness (QED) is 0.805. The Hall–Kier alpha value is -2.71. The first-order chi connectivity index (χ1) is 14.1. The van der Waals surface area contributed by atoms with E-state index in [-0.39, 0.29) is 11.5 Å². The molecule has 1 amide bonds. The summed E-state index contributed by atoms with van der Waals surface area (Å²) in [6.07, 6.45) is 1.46. The first-order valence-corrected chi connectivity index (χ1v) is 10.1. The number of nitrogens with one attached hydrogen (secondary N) is 2. The van der Waals surface area contributed by atoms with E-state index in [1.165, 1.54) is 12.5 Å². The summed E-state index contributed by atoms with van der Waals surface area (Å²) in [4.78, 5) is 36.0. The number of aromatic amines is 1. The maximum absolute atomic E-state index is 12.7. The molecule has 0 spiro atoms. The second kappa shape index (κ2) is 8.75. The third-order valence-electron chi connectivity index (χ3n) is 5.42. The Kier molecular flexibility index (Phi) is 5.92. The Morgan fingerprint density at radius 1 is 1.14 bits per heavy atom. The number of nitrogens with zero attached hydrogens (tertiary/aromatic N) is 3. The molecule has 0 bridgehead atoms. The molecule has 8 heteroatoms. The largest absolute Gasteiger partial charge is 0.378 e. The zero-order valence-electron chi connectivity index (χ0n) is 16.7. The Balaban J connectivity index is 1.43. The van der Waals surface area contributed by atoms with Gasteiger partial charge in [-0.15, -0.1) is 0 Å². The van der Waals surface area contributed by atoms with Crippen LogP contribution >= 0.6 is 0 Å². The summed E-state index contributed by atoms with van der Waals surface area (Å²) in [6, 6.07) is 7.91. The molecule has 2 aliphatic rings. The zero-order valence-corrected chi connectivity index (χ0v) is 16.7. The number of anilines is 2. The summed E-state index contributed by atoms with van der Waals surface area (Å²) in [5.41, 5.74) is 3.69. The van der Waals surface area contributed by atoms with Crippen molar-refractivity contribution in [1.29, 1.82) is 0 Å². The number of benzene rings is 1. The molecule has 1 aromatic carbocycles. The standard InChI is InChI=1S/C21H27N5O3/c1-15(27)22-17-4-2-16(3-5-17)14-25-8-6-18-19(7-9-25)23-21(24-20(18)28)26-10-12-29-13-11-26/h2-5H,6-14H2,1H3,(H,22,27)(H,23,24,28). The van der Waals surface area contributed by atoms with Crippen molar-refractivity contribution in [3.05, 3.63) is 51.4 Å². The second-order valence-electron chi connectivity index (χ2n) is 7.57. The monoisotopic (exact) mass is 397 g/mol. The van der Waals surface area contributed by atoms with Gasteiger partial charge in [0.2, 0.25) is 11.9 Å². The van der Waals surface area contributed by atoms with E-state index < -0.39 is 0 Å². The molecule has 0 unspecified atom stereocenters. The van der Waals surface area contributed by atoms with Crippen LogP contribution in [0.5, 0.6) is 0 Å². The predicted octanol–water partition coefficient (Wildman–Crippen LogP) is 1.17. The maximum atomic E-state index is 12.7. The number of hydrogen-bond acceptors (Lipinski definition) is 6. The van der Waals surface area contributed by atoms with Crippen LogP contribution in [0.1, 0.15) is 23.7 Å². The van der Waals surface area contributed by atoms with E-state index in [9.17, 15) is 9.59 Å². The highest BCUT2D eigenvalue weighted by Gasteiger charge is 2.21. The van der Waals surface area contributed by atoms with E-state index in [4.69, 9.17) is 9.72 Å². The van der Waals surface area contributed by atoms with Crippen molar-refractivity contribution in [1.82, 2.24) is 14.9 Å². The number of aromatic nitrogens is 2. The molecular weight excluding hydrogens is 370 g/mol. The molecule has 0 aliphatic carbocycles. The van der Waals surface area contributed by atoms with Crippen LogP contribution in [0, 0.1) is 0 Å². The summed E-state index contributed by atoms with van der Waals surface area (Å²) < 4.78 is 5.39. The van der Waals surface area contributed by atoms with E-state index in [0.29, 0.717) is 25.6 Å². The van der Waals surface area contributed by atoms with Gasteiger partial charge in [0.05, 0.1) is 18.9 Å². The fourth-order valence-corrected chi connectivity index (χ4v) is 3.88. The lowest BCUT2D eigenvalue weighted by Gasteiger charge is -2.27. The van der Waals surface area contributed by atoms with Crippen molar-refractivity contribution in [2.45, 2.75) is 26.3 Å². The average molecular weight is 397 g/mol. The van der Waals surface area contributed by atoms with Crippen LogP contribution in [-0.2, 0) is 28.9 Å². The molecule has 2 N–H and O–H groups in total. The van der Waals surface area contributed by atoms with Crippen LogP contribution in [0.4, 0.5) is 11.6 Å². The van der Waals surface area contributed by atoms with Crippen molar-refractivity contribution in [3.8, 4) is 0 Å². The minimum absolute atomic E-state index is 0.0157. The summed E-state index contributed by atoms with van der Waals surface area (Å²) in [7, 11) is 0. The first kappa shape index (κ1) is 19.6. The highest BCUT2D eigenvalue weighted by Crippen LogP contribution is 2.17. The van der Waals surface area contributed by atoms with E-state index >= 15 is 0 Å². The first-order valence-electron chi connectivity index (χ1n) is 10.1. The summed E-state index contributed by atoms with van der Waals surface area (Å²) in [5.74, 6) is 0.594. The molecule has 1 aromatic heterocycles. The molecule has 2 aromatic rings. The molecule has 0 atom stereocenters. The van der Waals surface area contributed by atoms with Crippen LogP contribution in [0.3, 0.4) is 0 Å². The highest BCUT2D eigenvalue weighted by atomic mass is 16.5. The molecule has 3 heterocycles. The fourth-order valence-electron chi connectivity index (χ4n) is 3.88. The number of H-pyrrole nitrogens is 1.